The molecule has 4 heteroatoms. The van der Waals surface area contributed by atoms with Crippen LogP contribution in [0.4, 0.5) is 0 Å². The van der Waals surface area contributed by atoms with Crippen molar-refractivity contribution in [1.82, 2.24) is 0 Å². The van der Waals surface area contributed by atoms with Crippen LogP contribution in [0.5, 0.6) is 5.75 Å². The van der Waals surface area contributed by atoms with E-state index >= 15 is 0 Å². The van der Waals surface area contributed by atoms with Crippen molar-refractivity contribution >= 4 is 0 Å². The number of quaternary nitrogens is 1. The van der Waals surface area contributed by atoms with E-state index < -0.39 is 5.91 Å². The first kappa shape index (κ1) is 27.5. The molecule has 0 spiro atoms. The van der Waals surface area contributed by atoms with Gasteiger partial charge in [-0.1, -0.05) is 58.0 Å². The quantitative estimate of drug-likeness (QED) is 0.388. The number of para-hydroxylation sites is 1. The van der Waals surface area contributed by atoms with Crippen molar-refractivity contribution in [3.8, 4) is 5.75 Å². The van der Waals surface area contributed by atoms with E-state index in [0.29, 0.717) is 22.9 Å². The molecule has 0 fully saturated rings. The second kappa shape index (κ2) is 11.9. The minimum atomic E-state index is -0.915. The standard InChI is InChI=1S/C27H42NO2.ClH/c1-9-28(7,8)27(29-10-2,30-24-16-12-11-13-17-24)26-18-14-15-23(19-21(3)4)25(26)20-22(5)6;/h11-18,21-22H,9-10,19-20H2,1-8H3;1H/q+1;/p-1. The molecule has 2 rings (SSSR count). The number of hydrogen-bond donors (Lipinski definition) is 0. The fourth-order valence-electron chi connectivity index (χ4n) is 4.05. The zero-order valence-electron chi connectivity index (χ0n) is 20.7. The molecule has 0 heterocycles. The highest BCUT2D eigenvalue weighted by Gasteiger charge is 2.52. The molecule has 0 aliphatic rings. The van der Waals surface area contributed by atoms with Crippen LogP contribution < -0.4 is 17.1 Å². The van der Waals surface area contributed by atoms with E-state index in [2.05, 4.69) is 73.8 Å². The predicted octanol–water partition coefficient (Wildman–Crippen LogP) is 3.41. The van der Waals surface area contributed by atoms with Crippen LogP contribution in [0.1, 0.15) is 58.2 Å². The van der Waals surface area contributed by atoms with Crippen LogP contribution in [0, 0.1) is 11.8 Å². The fraction of sp³-hybridized carbons (Fsp3) is 0.556. The van der Waals surface area contributed by atoms with Gasteiger partial charge in [0.1, 0.15) is 5.75 Å². The van der Waals surface area contributed by atoms with Gasteiger partial charge in [-0.05, 0) is 67.9 Å². The molecule has 0 aliphatic heterocycles. The van der Waals surface area contributed by atoms with E-state index in [4.69, 9.17) is 9.47 Å². The van der Waals surface area contributed by atoms with E-state index in [1.165, 1.54) is 11.1 Å². The molecule has 174 valence electrons. The van der Waals surface area contributed by atoms with Crippen molar-refractivity contribution in [2.75, 3.05) is 27.2 Å². The highest BCUT2D eigenvalue weighted by Crippen LogP contribution is 2.40. The Kier molecular flexibility index (Phi) is 10.5. The Morgan fingerprint density at radius 2 is 1.45 bits per heavy atom. The molecule has 0 radical (unpaired) electrons. The molecule has 1 atom stereocenters. The fourth-order valence-corrected chi connectivity index (χ4v) is 4.05. The third-order valence-corrected chi connectivity index (χ3v) is 5.78. The monoisotopic (exact) mass is 447 g/mol. The number of nitrogens with zero attached hydrogens (tertiary/aromatic N) is 1. The van der Waals surface area contributed by atoms with Crippen LogP contribution in [-0.4, -0.2) is 31.7 Å². The maximum absolute atomic E-state index is 6.82. The lowest BCUT2D eigenvalue weighted by atomic mass is 9.87. The van der Waals surface area contributed by atoms with Crippen molar-refractivity contribution in [1.29, 1.82) is 0 Å². The maximum Gasteiger partial charge on any atom is 0.390 e. The lowest BCUT2D eigenvalue weighted by molar-refractivity contribution is -1.000. The molecule has 2 aromatic carbocycles. The van der Waals surface area contributed by atoms with E-state index in [1.54, 1.807) is 0 Å². The summed E-state index contributed by atoms with van der Waals surface area (Å²) >= 11 is 0. The number of halogens is 1. The number of benzene rings is 2. The summed E-state index contributed by atoms with van der Waals surface area (Å²) in [7, 11) is 4.40. The average Bonchev–Trinajstić information content (AvgIpc) is 2.69. The molecule has 1 unspecified atom stereocenters. The Morgan fingerprint density at radius 3 is 1.97 bits per heavy atom. The molecule has 0 N–H and O–H groups in total. The summed E-state index contributed by atoms with van der Waals surface area (Å²) in [5, 5.41) is 0. The summed E-state index contributed by atoms with van der Waals surface area (Å²) in [6, 6.07) is 16.8. The third kappa shape index (κ3) is 6.47. The summed E-state index contributed by atoms with van der Waals surface area (Å²) < 4.78 is 14.0. The van der Waals surface area contributed by atoms with Crippen LogP contribution in [0.3, 0.4) is 0 Å². The van der Waals surface area contributed by atoms with Gasteiger partial charge >= 0.3 is 5.91 Å². The van der Waals surface area contributed by atoms with Crippen molar-refractivity contribution in [3.63, 3.8) is 0 Å². The van der Waals surface area contributed by atoms with Gasteiger partial charge in [0, 0.05) is 0 Å². The first-order valence-corrected chi connectivity index (χ1v) is 11.5. The first-order valence-electron chi connectivity index (χ1n) is 11.5. The Hall–Kier alpha value is -1.55. The zero-order valence-corrected chi connectivity index (χ0v) is 21.5. The smallest absolute Gasteiger partial charge is 0.390 e. The Labute approximate surface area is 196 Å². The minimum Gasteiger partial charge on any atom is -1.00 e. The summed E-state index contributed by atoms with van der Waals surface area (Å²) in [5.41, 5.74) is 3.95. The van der Waals surface area contributed by atoms with Gasteiger partial charge in [0.2, 0.25) is 0 Å². The van der Waals surface area contributed by atoms with Gasteiger partial charge in [-0.25, -0.2) is 0 Å². The number of hydrogen-bond acceptors (Lipinski definition) is 2. The topological polar surface area (TPSA) is 18.5 Å². The second-order valence-electron chi connectivity index (χ2n) is 9.57. The van der Waals surface area contributed by atoms with Gasteiger partial charge < -0.3 is 17.1 Å². The van der Waals surface area contributed by atoms with E-state index in [0.717, 1.165) is 30.7 Å². The molecule has 0 aromatic heterocycles. The highest BCUT2D eigenvalue weighted by atomic mass is 35.5. The van der Waals surface area contributed by atoms with Crippen molar-refractivity contribution < 1.29 is 26.4 Å². The van der Waals surface area contributed by atoms with Crippen LogP contribution in [-0.2, 0) is 23.5 Å². The molecule has 0 amide bonds. The average molecular weight is 448 g/mol. The third-order valence-electron chi connectivity index (χ3n) is 5.78. The lowest BCUT2D eigenvalue weighted by Gasteiger charge is -2.47. The highest BCUT2D eigenvalue weighted by molar-refractivity contribution is 5.39. The summed E-state index contributed by atoms with van der Waals surface area (Å²) in [5.74, 6) is 1.05. The van der Waals surface area contributed by atoms with Crippen molar-refractivity contribution in [2.24, 2.45) is 11.8 Å². The van der Waals surface area contributed by atoms with Crippen LogP contribution in [0.25, 0.3) is 0 Å². The molecule has 31 heavy (non-hydrogen) atoms. The molecule has 2 aromatic rings. The van der Waals surface area contributed by atoms with Crippen LogP contribution in [0.2, 0.25) is 0 Å². The van der Waals surface area contributed by atoms with Gasteiger partial charge in [-0.15, -0.1) is 0 Å². The van der Waals surface area contributed by atoms with Crippen LogP contribution >= 0.6 is 0 Å². The van der Waals surface area contributed by atoms with Gasteiger partial charge in [0.15, 0.2) is 0 Å². The molecule has 0 bridgehead atoms. The van der Waals surface area contributed by atoms with Crippen LogP contribution in [0.15, 0.2) is 48.5 Å². The Bertz CT molecular complexity index is 789. The Morgan fingerprint density at radius 1 is 0.839 bits per heavy atom. The molecule has 0 saturated heterocycles. The van der Waals surface area contributed by atoms with Gasteiger partial charge in [0.25, 0.3) is 0 Å². The van der Waals surface area contributed by atoms with Gasteiger partial charge in [0.05, 0.1) is 32.8 Å². The van der Waals surface area contributed by atoms with Crippen molar-refractivity contribution in [2.45, 2.75) is 60.3 Å². The molecule has 3 nitrogen and oxygen atoms in total. The van der Waals surface area contributed by atoms with Crippen molar-refractivity contribution in [3.05, 3.63) is 65.2 Å². The largest absolute Gasteiger partial charge is 1.00 e. The zero-order chi connectivity index (χ0) is 22.4. The Balaban J connectivity index is 0.00000480. The minimum absolute atomic E-state index is 0. The second-order valence-corrected chi connectivity index (χ2v) is 9.57. The predicted molar refractivity (Wildman–Crippen MR) is 127 cm³/mol. The van der Waals surface area contributed by atoms with E-state index in [-0.39, 0.29) is 12.4 Å². The lowest BCUT2D eigenvalue weighted by Crippen LogP contribution is -3.00. The number of ether oxygens (including phenoxy) is 2. The molecule has 0 aliphatic carbocycles. The number of rotatable bonds is 11. The molecule has 0 saturated carbocycles. The maximum atomic E-state index is 6.82. The van der Waals surface area contributed by atoms with E-state index in [1.807, 2.05) is 30.3 Å². The molecular formula is C27H42ClNO2. The SMILES string of the molecule is CCOC(Oc1ccccc1)(c1cccc(CC(C)C)c1CC(C)C)[N+](C)(C)CC.[Cl-]. The molecular weight excluding hydrogens is 406 g/mol. The van der Waals surface area contributed by atoms with Gasteiger partial charge in [-0.3, -0.25) is 9.22 Å². The summed E-state index contributed by atoms with van der Waals surface area (Å²) in [6.07, 6.45) is 2.07. The first-order chi connectivity index (χ1) is 14.2. The van der Waals surface area contributed by atoms with Gasteiger partial charge in [-0.2, -0.15) is 0 Å². The summed E-state index contributed by atoms with van der Waals surface area (Å²) in [4.78, 5) is 0. The normalized spacial score (nSPS) is 13.7. The summed E-state index contributed by atoms with van der Waals surface area (Å²) in [6.45, 7) is 14.8. The van der Waals surface area contributed by atoms with E-state index in [9.17, 15) is 0 Å².